The number of amides is 1. The Bertz CT molecular complexity index is 655. The molecule has 0 unspecified atom stereocenters. The van der Waals surface area contributed by atoms with Gasteiger partial charge in [-0.25, -0.2) is 9.78 Å². The summed E-state index contributed by atoms with van der Waals surface area (Å²) in [4.78, 5) is 31.5. The number of rotatable bonds is 6. The molecule has 0 radical (unpaired) electrons. The van der Waals surface area contributed by atoms with Gasteiger partial charge >= 0.3 is 5.97 Å². The van der Waals surface area contributed by atoms with Crippen LogP contribution in [-0.2, 0) is 16.0 Å². The van der Waals surface area contributed by atoms with Crippen LogP contribution in [0.15, 0.2) is 29.9 Å². The summed E-state index contributed by atoms with van der Waals surface area (Å²) in [6.45, 7) is 3.50. The molecule has 2 aromatic heterocycles. The van der Waals surface area contributed by atoms with Gasteiger partial charge in [0.15, 0.2) is 0 Å². The molecule has 2 heterocycles. The molecule has 0 aliphatic heterocycles. The Morgan fingerprint density at radius 1 is 1.41 bits per heavy atom. The molecule has 0 aliphatic carbocycles. The van der Waals surface area contributed by atoms with E-state index in [4.69, 9.17) is 5.11 Å². The third-order valence-electron chi connectivity index (χ3n) is 3.05. The number of carboxylic acids is 1. The van der Waals surface area contributed by atoms with Gasteiger partial charge in [0.1, 0.15) is 11.0 Å². The highest BCUT2D eigenvalue weighted by Crippen LogP contribution is 2.22. The number of aliphatic carboxylic acids is 1. The fourth-order valence-corrected chi connectivity index (χ4v) is 2.72. The highest BCUT2D eigenvalue weighted by atomic mass is 32.1. The second-order valence-electron chi connectivity index (χ2n) is 5.19. The third kappa shape index (κ3) is 4.11. The van der Waals surface area contributed by atoms with Crippen molar-refractivity contribution in [2.45, 2.75) is 26.3 Å². The molecule has 0 fully saturated rings. The molecule has 2 aromatic rings. The second kappa shape index (κ2) is 7.13. The Morgan fingerprint density at radius 2 is 2.18 bits per heavy atom. The minimum Gasteiger partial charge on any atom is -0.480 e. The maximum Gasteiger partial charge on any atom is 0.326 e. The quantitative estimate of drug-likeness (QED) is 0.849. The largest absolute Gasteiger partial charge is 0.480 e. The summed E-state index contributed by atoms with van der Waals surface area (Å²) in [7, 11) is 0. The molecule has 0 spiro atoms. The predicted molar refractivity (Wildman–Crippen MR) is 83.5 cm³/mol. The molecule has 0 aromatic carbocycles. The van der Waals surface area contributed by atoms with E-state index in [1.807, 2.05) is 12.1 Å². The van der Waals surface area contributed by atoms with Gasteiger partial charge < -0.3 is 10.4 Å². The lowest BCUT2D eigenvalue weighted by Gasteiger charge is -2.17. The van der Waals surface area contributed by atoms with E-state index in [0.717, 1.165) is 10.6 Å². The van der Waals surface area contributed by atoms with Gasteiger partial charge in [-0.05, 0) is 18.1 Å². The average molecular weight is 319 g/mol. The molecular weight excluding hydrogens is 302 g/mol. The molecule has 2 rings (SSSR count). The van der Waals surface area contributed by atoms with Crippen LogP contribution in [-0.4, -0.2) is 33.0 Å². The molecule has 2 N–H and O–H groups in total. The lowest BCUT2D eigenvalue weighted by atomic mass is 10.0. The minimum atomic E-state index is -1.03. The van der Waals surface area contributed by atoms with Gasteiger partial charge in [-0.15, -0.1) is 11.3 Å². The number of carbonyl (C=O) groups excluding carboxylic acids is 1. The van der Waals surface area contributed by atoms with Crippen molar-refractivity contribution in [3.8, 4) is 10.6 Å². The number of pyridine rings is 1. The van der Waals surface area contributed by atoms with E-state index in [-0.39, 0.29) is 18.2 Å². The second-order valence-corrected chi connectivity index (χ2v) is 6.05. The molecule has 6 nitrogen and oxygen atoms in total. The highest BCUT2D eigenvalue weighted by molar-refractivity contribution is 7.13. The summed E-state index contributed by atoms with van der Waals surface area (Å²) in [5.74, 6) is -1.55. The first-order chi connectivity index (χ1) is 10.5. The summed E-state index contributed by atoms with van der Waals surface area (Å²) >= 11 is 1.43. The van der Waals surface area contributed by atoms with Crippen molar-refractivity contribution in [1.29, 1.82) is 0 Å². The number of thiazole rings is 1. The molecule has 0 saturated heterocycles. The van der Waals surface area contributed by atoms with Crippen molar-refractivity contribution in [2.75, 3.05) is 0 Å². The Morgan fingerprint density at radius 3 is 2.77 bits per heavy atom. The summed E-state index contributed by atoms with van der Waals surface area (Å²) in [5, 5.41) is 14.2. The van der Waals surface area contributed by atoms with Crippen molar-refractivity contribution >= 4 is 23.2 Å². The normalized spacial score (nSPS) is 12.1. The van der Waals surface area contributed by atoms with Gasteiger partial charge in [0.2, 0.25) is 5.91 Å². The van der Waals surface area contributed by atoms with Crippen LogP contribution in [0.1, 0.15) is 19.5 Å². The lowest BCUT2D eigenvalue weighted by molar-refractivity contribution is -0.143. The molecule has 22 heavy (non-hydrogen) atoms. The molecule has 0 bridgehead atoms. The zero-order valence-corrected chi connectivity index (χ0v) is 13.1. The van der Waals surface area contributed by atoms with Crippen molar-refractivity contribution in [3.63, 3.8) is 0 Å². The number of nitrogens with zero attached hydrogens (tertiary/aromatic N) is 2. The molecule has 1 atom stereocenters. The third-order valence-corrected chi connectivity index (χ3v) is 3.99. The number of nitrogens with one attached hydrogen (secondary N) is 1. The van der Waals surface area contributed by atoms with Gasteiger partial charge in [-0.3, -0.25) is 9.78 Å². The standard InChI is InChI=1S/C15H17N3O3S/c1-9(2)13(15(20)21)18-12(19)6-11-8-22-14(17-11)10-4-3-5-16-7-10/h3-5,7-9,13H,6H2,1-2H3,(H,18,19)(H,20,21)/t13-/m0/s1. The topological polar surface area (TPSA) is 92.2 Å². The van der Waals surface area contributed by atoms with E-state index in [9.17, 15) is 9.59 Å². The number of carbonyl (C=O) groups is 2. The molecule has 116 valence electrons. The van der Waals surface area contributed by atoms with Gasteiger partial charge in [0.05, 0.1) is 12.1 Å². The van der Waals surface area contributed by atoms with E-state index >= 15 is 0 Å². The van der Waals surface area contributed by atoms with Crippen molar-refractivity contribution in [2.24, 2.45) is 5.92 Å². The summed E-state index contributed by atoms with van der Waals surface area (Å²) in [6.07, 6.45) is 3.46. The van der Waals surface area contributed by atoms with E-state index in [1.54, 1.807) is 31.6 Å². The van der Waals surface area contributed by atoms with Crippen molar-refractivity contribution in [3.05, 3.63) is 35.6 Å². The van der Waals surface area contributed by atoms with Gasteiger partial charge in [0.25, 0.3) is 0 Å². The maximum absolute atomic E-state index is 12.0. The van der Waals surface area contributed by atoms with Gasteiger partial charge in [-0.1, -0.05) is 13.8 Å². The number of hydrogen-bond donors (Lipinski definition) is 2. The van der Waals surface area contributed by atoms with Crippen molar-refractivity contribution < 1.29 is 14.7 Å². The Kier molecular flexibility index (Phi) is 5.21. The first-order valence-corrected chi connectivity index (χ1v) is 7.72. The van der Waals surface area contributed by atoms with Crippen LogP contribution in [0, 0.1) is 5.92 Å². The average Bonchev–Trinajstić information content (AvgIpc) is 2.93. The predicted octanol–water partition coefficient (Wildman–Crippen LogP) is 1.97. The zero-order valence-electron chi connectivity index (χ0n) is 12.3. The summed E-state index contributed by atoms with van der Waals surface area (Å²) < 4.78 is 0. The molecule has 1 amide bonds. The fraction of sp³-hybridized carbons (Fsp3) is 0.333. The maximum atomic E-state index is 12.0. The van der Waals surface area contributed by atoms with Crippen LogP contribution in [0.2, 0.25) is 0 Å². The van der Waals surface area contributed by atoms with Crippen LogP contribution >= 0.6 is 11.3 Å². The molecular formula is C15H17N3O3S. The van der Waals surface area contributed by atoms with E-state index < -0.39 is 12.0 Å². The van der Waals surface area contributed by atoms with Gasteiger partial charge in [0, 0.05) is 23.3 Å². The smallest absolute Gasteiger partial charge is 0.326 e. The van der Waals surface area contributed by atoms with Crippen LogP contribution in [0.4, 0.5) is 0 Å². The Hall–Kier alpha value is -2.28. The molecule has 0 saturated carbocycles. The highest BCUT2D eigenvalue weighted by Gasteiger charge is 2.23. The van der Waals surface area contributed by atoms with Crippen LogP contribution in [0.5, 0.6) is 0 Å². The summed E-state index contributed by atoms with van der Waals surface area (Å²) in [5.41, 5.74) is 1.51. The Balaban J connectivity index is 2.01. The van der Waals surface area contributed by atoms with E-state index in [1.165, 1.54) is 11.3 Å². The zero-order chi connectivity index (χ0) is 16.1. The minimum absolute atomic E-state index is 0.0628. The number of hydrogen-bond acceptors (Lipinski definition) is 5. The monoisotopic (exact) mass is 319 g/mol. The lowest BCUT2D eigenvalue weighted by Crippen LogP contribution is -2.44. The van der Waals surface area contributed by atoms with Crippen LogP contribution in [0.25, 0.3) is 10.6 Å². The summed E-state index contributed by atoms with van der Waals surface area (Å²) in [6, 6.07) is 2.84. The first kappa shape index (κ1) is 16.1. The number of carboxylic acid groups (broad SMARTS) is 1. The van der Waals surface area contributed by atoms with Crippen molar-refractivity contribution in [1.82, 2.24) is 15.3 Å². The van der Waals surface area contributed by atoms with Crippen LogP contribution in [0.3, 0.4) is 0 Å². The fourth-order valence-electron chi connectivity index (χ4n) is 1.91. The van der Waals surface area contributed by atoms with Gasteiger partial charge in [-0.2, -0.15) is 0 Å². The molecule has 0 aliphatic rings. The van der Waals surface area contributed by atoms with Crippen LogP contribution < -0.4 is 5.32 Å². The number of aromatic nitrogens is 2. The SMILES string of the molecule is CC(C)[C@H](NC(=O)Cc1csc(-c2cccnc2)n1)C(=O)O. The first-order valence-electron chi connectivity index (χ1n) is 6.84. The van der Waals surface area contributed by atoms with E-state index in [0.29, 0.717) is 5.69 Å². The Labute approximate surface area is 132 Å². The molecule has 7 heteroatoms. The van der Waals surface area contributed by atoms with E-state index in [2.05, 4.69) is 15.3 Å².